The number of nitrogens with zero attached hydrogens (tertiary/aromatic N) is 1. The van der Waals surface area contributed by atoms with E-state index in [1.807, 2.05) is 19.1 Å². The summed E-state index contributed by atoms with van der Waals surface area (Å²) in [5.74, 6) is 0. The Bertz CT molecular complexity index is 453. The first-order chi connectivity index (χ1) is 9.60. The second-order valence-corrected chi connectivity index (χ2v) is 6.45. The van der Waals surface area contributed by atoms with Crippen LogP contribution < -0.4 is 5.32 Å². The Balaban J connectivity index is 1.87. The molecule has 7 heteroatoms. The number of hydrogen-bond acceptors (Lipinski definition) is 4. The fourth-order valence-electron chi connectivity index (χ4n) is 2.10. The zero-order chi connectivity index (χ0) is 14.5. The largest absolute Gasteiger partial charge is 0.382 e. The highest BCUT2D eigenvalue weighted by Crippen LogP contribution is 2.26. The van der Waals surface area contributed by atoms with E-state index in [2.05, 4.69) is 5.32 Å². The van der Waals surface area contributed by atoms with E-state index in [1.54, 1.807) is 12.0 Å². The number of carbonyl (C=O) groups is 1. The van der Waals surface area contributed by atoms with Crippen LogP contribution in [-0.2, 0) is 9.47 Å². The van der Waals surface area contributed by atoms with Gasteiger partial charge in [0.25, 0.3) is 0 Å². The smallest absolute Gasteiger partial charge is 0.318 e. The molecule has 5 nitrogen and oxygen atoms in total. The van der Waals surface area contributed by atoms with E-state index < -0.39 is 0 Å². The highest BCUT2D eigenvalue weighted by atomic mass is 35.5. The molecule has 20 heavy (non-hydrogen) atoms. The number of rotatable bonds is 4. The second-order valence-electron chi connectivity index (χ2n) is 4.71. The number of carbonyl (C=O) groups excluding carboxylic acids is 1. The SMILES string of the molecule is COC[C@@H]1CN(C(=O)N[C@@H](C)c2ccc(Cl)s2)CCO1. The number of halogens is 1. The summed E-state index contributed by atoms with van der Waals surface area (Å²) in [6, 6.07) is 3.65. The first kappa shape index (κ1) is 15.6. The van der Waals surface area contributed by atoms with Crippen molar-refractivity contribution in [3.63, 3.8) is 0 Å². The van der Waals surface area contributed by atoms with Crippen molar-refractivity contribution >= 4 is 29.0 Å². The molecule has 2 atom stereocenters. The van der Waals surface area contributed by atoms with Gasteiger partial charge in [0, 0.05) is 18.5 Å². The van der Waals surface area contributed by atoms with Gasteiger partial charge in [-0.1, -0.05) is 11.6 Å². The quantitative estimate of drug-likeness (QED) is 0.928. The highest BCUT2D eigenvalue weighted by Gasteiger charge is 2.25. The monoisotopic (exact) mass is 318 g/mol. The molecule has 0 radical (unpaired) electrons. The summed E-state index contributed by atoms with van der Waals surface area (Å²) in [7, 11) is 1.63. The van der Waals surface area contributed by atoms with Gasteiger partial charge in [0.1, 0.15) is 0 Å². The Kier molecular flexibility index (Phi) is 5.65. The summed E-state index contributed by atoms with van der Waals surface area (Å²) in [5.41, 5.74) is 0. The van der Waals surface area contributed by atoms with Gasteiger partial charge in [-0.05, 0) is 19.1 Å². The second kappa shape index (κ2) is 7.26. The van der Waals surface area contributed by atoms with E-state index in [0.29, 0.717) is 26.3 Å². The van der Waals surface area contributed by atoms with Gasteiger partial charge in [0.2, 0.25) is 0 Å². The molecule has 0 aliphatic carbocycles. The van der Waals surface area contributed by atoms with E-state index in [0.717, 1.165) is 9.21 Å². The molecular weight excluding hydrogens is 300 g/mol. The van der Waals surface area contributed by atoms with Gasteiger partial charge < -0.3 is 19.7 Å². The predicted octanol–water partition coefficient (Wildman–Crippen LogP) is 2.52. The molecule has 1 saturated heterocycles. The lowest BCUT2D eigenvalue weighted by Gasteiger charge is -2.33. The first-order valence-corrected chi connectivity index (χ1v) is 7.71. The molecule has 1 aliphatic rings. The number of morpholine rings is 1. The van der Waals surface area contributed by atoms with Gasteiger partial charge in [-0.2, -0.15) is 0 Å². The van der Waals surface area contributed by atoms with Crippen molar-refractivity contribution in [1.82, 2.24) is 10.2 Å². The molecule has 0 aromatic carbocycles. The van der Waals surface area contributed by atoms with Gasteiger partial charge in [-0.15, -0.1) is 11.3 Å². The minimum Gasteiger partial charge on any atom is -0.382 e. The number of amides is 2. The molecule has 1 aliphatic heterocycles. The minimum atomic E-state index is -0.0774. The zero-order valence-corrected chi connectivity index (χ0v) is 13.2. The number of thiophene rings is 1. The Labute approximate surface area is 127 Å². The Morgan fingerprint density at radius 2 is 2.50 bits per heavy atom. The van der Waals surface area contributed by atoms with Crippen LogP contribution in [0.15, 0.2) is 12.1 Å². The van der Waals surface area contributed by atoms with Crippen molar-refractivity contribution in [3.05, 3.63) is 21.3 Å². The number of urea groups is 1. The van der Waals surface area contributed by atoms with Gasteiger partial charge in [-0.25, -0.2) is 4.79 Å². The van der Waals surface area contributed by atoms with Crippen LogP contribution in [0.4, 0.5) is 4.79 Å². The average molecular weight is 319 g/mol. The van der Waals surface area contributed by atoms with Crippen LogP contribution >= 0.6 is 22.9 Å². The molecule has 0 bridgehead atoms. The summed E-state index contributed by atoms with van der Waals surface area (Å²) in [4.78, 5) is 15.0. The van der Waals surface area contributed by atoms with E-state index in [9.17, 15) is 4.79 Å². The van der Waals surface area contributed by atoms with Crippen molar-refractivity contribution in [3.8, 4) is 0 Å². The number of nitrogens with one attached hydrogen (secondary N) is 1. The molecule has 1 aromatic rings. The summed E-state index contributed by atoms with van der Waals surface area (Å²) >= 11 is 7.39. The highest BCUT2D eigenvalue weighted by molar-refractivity contribution is 7.16. The normalized spacial score (nSPS) is 20.8. The number of hydrogen-bond donors (Lipinski definition) is 1. The number of ether oxygens (including phenoxy) is 2. The van der Waals surface area contributed by atoms with E-state index >= 15 is 0 Å². The molecule has 1 aromatic heterocycles. The Morgan fingerprint density at radius 3 is 3.15 bits per heavy atom. The lowest BCUT2D eigenvalue weighted by Crippen LogP contribution is -2.51. The molecule has 0 unspecified atom stereocenters. The fraction of sp³-hybridized carbons (Fsp3) is 0.615. The molecule has 2 rings (SSSR count). The molecule has 1 fully saturated rings. The van der Waals surface area contributed by atoms with E-state index in [1.165, 1.54) is 11.3 Å². The van der Waals surface area contributed by atoms with Crippen molar-refractivity contribution in [1.29, 1.82) is 0 Å². The molecule has 0 spiro atoms. The summed E-state index contributed by atoms with van der Waals surface area (Å²) in [6.45, 7) is 4.15. The molecule has 112 valence electrons. The van der Waals surface area contributed by atoms with Crippen molar-refractivity contribution in [2.75, 3.05) is 33.4 Å². The molecular formula is C13H19ClN2O3S. The van der Waals surface area contributed by atoms with Crippen LogP contribution in [0.1, 0.15) is 17.8 Å². The Hall–Kier alpha value is -0.820. The Morgan fingerprint density at radius 1 is 1.70 bits per heavy atom. The average Bonchev–Trinajstić information content (AvgIpc) is 2.86. The third-order valence-corrected chi connectivity index (χ3v) is 4.55. The van der Waals surface area contributed by atoms with Crippen LogP contribution in [0.3, 0.4) is 0 Å². The fourth-order valence-corrected chi connectivity index (χ4v) is 3.16. The standard InChI is InChI=1S/C13H19ClN2O3S/c1-9(11-3-4-12(14)20-11)15-13(17)16-5-6-19-10(7-16)8-18-2/h3-4,9-10H,5-8H2,1-2H3,(H,15,17)/t9-,10-/m0/s1. The summed E-state index contributed by atoms with van der Waals surface area (Å²) < 4.78 is 11.3. The van der Waals surface area contributed by atoms with Crippen LogP contribution in [0.2, 0.25) is 4.34 Å². The van der Waals surface area contributed by atoms with Crippen molar-refractivity contribution in [2.45, 2.75) is 19.1 Å². The predicted molar refractivity (Wildman–Crippen MR) is 79.5 cm³/mol. The summed E-state index contributed by atoms with van der Waals surface area (Å²) in [5, 5.41) is 2.98. The maximum absolute atomic E-state index is 12.2. The van der Waals surface area contributed by atoms with E-state index in [-0.39, 0.29) is 18.2 Å². The third-order valence-electron chi connectivity index (χ3n) is 3.14. The van der Waals surface area contributed by atoms with Crippen molar-refractivity contribution < 1.29 is 14.3 Å². The first-order valence-electron chi connectivity index (χ1n) is 6.51. The van der Waals surface area contributed by atoms with Crippen LogP contribution in [0, 0.1) is 0 Å². The maximum atomic E-state index is 12.2. The van der Waals surface area contributed by atoms with Crippen LogP contribution in [0.5, 0.6) is 0 Å². The molecule has 2 amide bonds. The van der Waals surface area contributed by atoms with Crippen LogP contribution in [0.25, 0.3) is 0 Å². The van der Waals surface area contributed by atoms with Gasteiger partial charge in [-0.3, -0.25) is 0 Å². The van der Waals surface area contributed by atoms with Gasteiger partial charge in [0.05, 0.1) is 36.2 Å². The topological polar surface area (TPSA) is 50.8 Å². The van der Waals surface area contributed by atoms with Gasteiger partial charge in [0.15, 0.2) is 0 Å². The molecule has 2 heterocycles. The number of methoxy groups -OCH3 is 1. The lowest BCUT2D eigenvalue weighted by atomic mass is 10.2. The summed E-state index contributed by atoms with van der Waals surface area (Å²) in [6.07, 6.45) is -0.0500. The third kappa shape index (κ3) is 4.09. The minimum absolute atomic E-state index is 0.0500. The molecule has 0 saturated carbocycles. The van der Waals surface area contributed by atoms with E-state index in [4.69, 9.17) is 21.1 Å². The van der Waals surface area contributed by atoms with Crippen LogP contribution in [-0.4, -0.2) is 50.4 Å². The van der Waals surface area contributed by atoms with Crippen molar-refractivity contribution in [2.24, 2.45) is 0 Å². The molecule has 1 N–H and O–H groups in total. The maximum Gasteiger partial charge on any atom is 0.318 e. The lowest BCUT2D eigenvalue weighted by molar-refractivity contribution is -0.0496. The zero-order valence-electron chi connectivity index (χ0n) is 11.6. The van der Waals surface area contributed by atoms with Gasteiger partial charge >= 0.3 is 6.03 Å².